The molecule has 0 heterocycles. The van der Waals surface area contributed by atoms with Crippen molar-refractivity contribution in [3.05, 3.63) is 63.4 Å². The van der Waals surface area contributed by atoms with Gasteiger partial charge in [0.25, 0.3) is 0 Å². The van der Waals surface area contributed by atoms with Crippen LogP contribution in [0.5, 0.6) is 0 Å². The molecule has 2 rings (SSSR count). The maximum atomic E-state index is 13.6. The molecule has 0 bridgehead atoms. The van der Waals surface area contributed by atoms with E-state index in [-0.39, 0.29) is 5.82 Å². The molecule has 0 aliphatic carbocycles. The number of rotatable bonds is 3. The highest BCUT2D eigenvalue weighted by molar-refractivity contribution is 6.43. The van der Waals surface area contributed by atoms with Gasteiger partial charge in [0, 0.05) is 12.1 Å². The van der Waals surface area contributed by atoms with Gasteiger partial charge >= 0.3 is 0 Å². The fourth-order valence-electron chi connectivity index (χ4n) is 1.67. The summed E-state index contributed by atoms with van der Waals surface area (Å²) in [7, 11) is 0. The molecule has 0 aromatic heterocycles. The largest absolute Gasteiger partial charge is 0.380 e. The van der Waals surface area contributed by atoms with Gasteiger partial charge in [-0.05, 0) is 25.1 Å². The van der Waals surface area contributed by atoms with E-state index in [1.807, 2.05) is 13.0 Å². The first-order valence-electron chi connectivity index (χ1n) is 5.51. The lowest BCUT2D eigenvalue weighted by atomic mass is 10.1. The predicted octanol–water partition coefficient (Wildman–Crippen LogP) is 5.05. The molecule has 0 saturated heterocycles. The minimum atomic E-state index is -0.230. The van der Waals surface area contributed by atoms with Crippen molar-refractivity contribution in [2.24, 2.45) is 0 Å². The van der Waals surface area contributed by atoms with Gasteiger partial charge in [0.2, 0.25) is 0 Å². The van der Waals surface area contributed by atoms with Crippen LogP contribution in [0.25, 0.3) is 0 Å². The SMILES string of the molecule is Cc1ccc(F)c(CNc2cccc(Cl)c2Cl)c1. The van der Waals surface area contributed by atoms with Gasteiger partial charge in [0.05, 0.1) is 15.7 Å². The van der Waals surface area contributed by atoms with Crippen molar-refractivity contribution in [3.63, 3.8) is 0 Å². The van der Waals surface area contributed by atoms with Gasteiger partial charge in [0.15, 0.2) is 0 Å². The molecule has 0 radical (unpaired) electrons. The molecule has 0 saturated carbocycles. The highest BCUT2D eigenvalue weighted by Crippen LogP contribution is 2.29. The third-order valence-corrected chi connectivity index (χ3v) is 3.44. The number of hydrogen-bond donors (Lipinski definition) is 1. The summed E-state index contributed by atoms with van der Waals surface area (Å²) in [4.78, 5) is 0. The summed E-state index contributed by atoms with van der Waals surface area (Å²) < 4.78 is 13.6. The van der Waals surface area contributed by atoms with Gasteiger partial charge in [0.1, 0.15) is 5.82 Å². The molecule has 0 fully saturated rings. The molecule has 4 heteroatoms. The first-order chi connectivity index (χ1) is 8.58. The van der Waals surface area contributed by atoms with Gasteiger partial charge in [-0.15, -0.1) is 0 Å². The Morgan fingerprint density at radius 1 is 1.17 bits per heavy atom. The van der Waals surface area contributed by atoms with Gasteiger partial charge in [-0.25, -0.2) is 4.39 Å². The number of benzene rings is 2. The Kier molecular flexibility index (Phi) is 4.10. The molecule has 0 spiro atoms. The topological polar surface area (TPSA) is 12.0 Å². The summed E-state index contributed by atoms with van der Waals surface area (Å²) in [6, 6.07) is 10.3. The molecule has 2 aromatic rings. The lowest BCUT2D eigenvalue weighted by Crippen LogP contribution is -2.02. The predicted molar refractivity (Wildman–Crippen MR) is 74.9 cm³/mol. The Bertz CT molecular complexity index is 568. The fourth-order valence-corrected chi connectivity index (χ4v) is 2.04. The van der Waals surface area contributed by atoms with Crippen LogP contribution in [0.1, 0.15) is 11.1 Å². The summed E-state index contributed by atoms with van der Waals surface area (Å²) in [6.07, 6.45) is 0. The molecule has 2 aromatic carbocycles. The summed E-state index contributed by atoms with van der Waals surface area (Å²) in [5.41, 5.74) is 2.32. The van der Waals surface area contributed by atoms with E-state index >= 15 is 0 Å². The summed E-state index contributed by atoms with van der Waals surface area (Å²) in [5, 5.41) is 4.01. The van der Waals surface area contributed by atoms with E-state index in [1.54, 1.807) is 24.3 Å². The molecule has 0 aliphatic heterocycles. The number of halogens is 3. The third-order valence-electron chi connectivity index (χ3n) is 2.62. The molecule has 0 unspecified atom stereocenters. The smallest absolute Gasteiger partial charge is 0.128 e. The zero-order chi connectivity index (χ0) is 13.1. The van der Waals surface area contributed by atoms with Gasteiger partial charge < -0.3 is 5.32 Å². The van der Waals surface area contributed by atoms with Crippen LogP contribution in [0.2, 0.25) is 10.0 Å². The quantitative estimate of drug-likeness (QED) is 0.831. The lowest BCUT2D eigenvalue weighted by molar-refractivity contribution is 0.612. The van der Waals surface area contributed by atoms with Crippen molar-refractivity contribution in [3.8, 4) is 0 Å². The van der Waals surface area contributed by atoms with Gasteiger partial charge in [-0.2, -0.15) is 0 Å². The summed E-state index contributed by atoms with van der Waals surface area (Å²) >= 11 is 11.9. The van der Waals surface area contributed by atoms with E-state index in [0.29, 0.717) is 27.8 Å². The Morgan fingerprint density at radius 3 is 2.72 bits per heavy atom. The molecule has 0 atom stereocenters. The van der Waals surface area contributed by atoms with Crippen LogP contribution in [0.3, 0.4) is 0 Å². The highest BCUT2D eigenvalue weighted by atomic mass is 35.5. The van der Waals surface area contributed by atoms with Crippen LogP contribution in [0, 0.1) is 12.7 Å². The van der Waals surface area contributed by atoms with Crippen molar-refractivity contribution in [1.82, 2.24) is 0 Å². The van der Waals surface area contributed by atoms with Crippen LogP contribution < -0.4 is 5.32 Å². The molecule has 94 valence electrons. The zero-order valence-corrected chi connectivity index (χ0v) is 11.3. The second-order valence-corrected chi connectivity index (χ2v) is 4.83. The number of hydrogen-bond acceptors (Lipinski definition) is 1. The Morgan fingerprint density at radius 2 is 1.94 bits per heavy atom. The average Bonchev–Trinajstić information content (AvgIpc) is 2.35. The fraction of sp³-hybridized carbons (Fsp3) is 0.143. The first-order valence-corrected chi connectivity index (χ1v) is 6.26. The van der Waals surface area contributed by atoms with E-state index in [4.69, 9.17) is 23.2 Å². The minimum Gasteiger partial charge on any atom is -0.380 e. The third kappa shape index (κ3) is 2.95. The Labute approximate surface area is 116 Å². The summed E-state index contributed by atoms with van der Waals surface area (Å²) in [5.74, 6) is -0.230. The van der Waals surface area contributed by atoms with E-state index in [0.717, 1.165) is 5.56 Å². The van der Waals surface area contributed by atoms with Crippen LogP contribution >= 0.6 is 23.2 Å². The van der Waals surface area contributed by atoms with E-state index < -0.39 is 0 Å². The monoisotopic (exact) mass is 283 g/mol. The molecule has 18 heavy (non-hydrogen) atoms. The van der Waals surface area contributed by atoms with Gasteiger partial charge in [-0.1, -0.05) is 47.0 Å². The van der Waals surface area contributed by atoms with Crippen molar-refractivity contribution < 1.29 is 4.39 Å². The van der Waals surface area contributed by atoms with E-state index in [9.17, 15) is 4.39 Å². The molecule has 0 aliphatic rings. The van der Waals surface area contributed by atoms with Crippen molar-refractivity contribution in [1.29, 1.82) is 0 Å². The lowest BCUT2D eigenvalue weighted by Gasteiger charge is -2.10. The normalized spacial score (nSPS) is 10.4. The Balaban J connectivity index is 2.16. The summed E-state index contributed by atoms with van der Waals surface area (Å²) in [6.45, 7) is 2.29. The maximum absolute atomic E-state index is 13.6. The van der Waals surface area contributed by atoms with Crippen molar-refractivity contribution >= 4 is 28.9 Å². The van der Waals surface area contributed by atoms with Crippen molar-refractivity contribution in [2.45, 2.75) is 13.5 Å². The van der Waals surface area contributed by atoms with E-state index in [1.165, 1.54) is 6.07 Å². The van der Waals surface area contributed by atoms with E-state index in [2.05, 4.69) is 5.32 Å². The molecule has 0 amide bonds. The van der Waals surface area contributed by atoms with Crippen molar-refractivity contribution in [2.75, 3.05) is 5.32 Å². The average molecular weight is 284 g/mol. The molecule has 1 N–H and O–H groups in total. The highest BCUT2D eigenvalue weighted by Gasteiger charge is 2.06. The molecule has 1 nitrogen and oxygen atoms in total. The second-order valence-electron chi connectivity index (χ2n) is 4.05. The van der Waals surface area contributed by atoms with Crippen LogP contribution in [0.15, 0.2) is 36.4 Å². The van der Waals surface area contributed by atoms with Crippen LogP contribution in [-0.2, 0) is 6.54 Å². The maximum Gasteiger partial charge on any atom is 0.128 e. The minimum absolute atomic E-state index is 0.230. The van der Waals surface area contributed by atoms with Crippen LogP contribution in [-0.4, -0.2) is 0 Å². The zero-order valence-electron chi connectivity index (χ0n) is 9.81. The number of aryl methyl sites for hydroxylation is 1. The molecular weight excluding hydrogens is 272 g/mol. The number of nitrogens with one attached hydrogen (secondary N) is 1. The standard InChI is InChI=1S/C14H12Cl2FN/c1-9-5-6-12(17)10(7-9)8-18-13-4-2-3-11(15)14(13)16/h2-7,18H,8H2,1H3. The number of anilines is 1. The Hall–Kier alpha value is -1.25. The van der Waals surface area contributed by atoms with Gasteiger partial charge in [-0.3, -0.25) is 0 Å². The second kappa shape index (κ2) is 5.59. The molecular formula is C14H12Cl2FN. The van der Waals surface area contributed by atoms with Crippen LogP contribution in [0.4, 0.5) is 10.1 Å². The first kappa shape index (κ1) is 13.2.